The number of esters is 1. The number of methoxy groups -OCH3 is 1. The van der Waals surface area contributed by atoms with Gasteiger partial charge in [0.25, 0.3) is 0 Å². The molecule has 0 aliphatic carbocycles. The lowest BCUT2D eigenvalue weighted by Crippen LogP contribution is -2.40. The van der Waals surface area contributed by atoms with Crippen molar-refractivity contribution in [1.29, 1.82) is 0 Å². The highest BCUT2D eigenvalue weighted by atomic mass is 31.2. The van der Waals surface area contributed by atoms with Gasteiger partial charge in [0.05, 0.1) is 13.2 Å². The number of hydrogen-bond acceptors (Lipinski definition) is 10. The molecule has 1 aliphatic rings. The summed E-state index contributed by atoms with van der Waals surface area (Å²) in [7, 11) is -3.13. The Morgan fingerprint density at radius 1 is 1.32 bits per heavy atom. The summed E-state index contributed by atoms with van der Waals surface area (Å²) in [5.74, 6) is -0.631. The van der Waals surface area contributed by atoms with Gasteiger partial charge in [0.15, 0.2) is 12.4 Å². The second kappa shape index (κ2) is 10.6. The van der Waals surface area contributed by atoms with E-state index in [0.717, 1.165) is 11.7 Å². The molecule has 14 heteroatoms. The number of nitrogens with one attached hydrogen (secondary N) is 1. The summed E-state index contributed by atoms with van der Waals surface area (Å²) in [5, 5.41) is 12.9. The molecule has 7 atom stereocenters. The summed E-state index contributed by atoms with van der Waals surface area (Å²) in [4.78, 5) is 27.5. The van der Waals surface area contributed by atoms with Crippen LogP contribution in [0.2, 0.25) is 0 Å². The number of ether oxygens (including phenoxy) is 2. The van der Waals surface area contributed by atoms with Gasteiger partial charge in [-0.15, -0.1) is 0 Å². The first-order chi connectivity index (χ1) is 16.0. The maximum absolute atomic E-state index is 14.9. The average molecular weight is 500 g/mol. The molecule has 0 saturated carbocycles. The van der Waals surface area contributed by atoms with E-state index in [2.05, 4.69) is 14.8 Å². The summed E-state index contributed by atoms with van der Waals surface area (Å²) in [6.45, 7) is 2.76. The first kappa shape index (κ1) is 25.8. The summed E-state index contributed by atoms with van der Waals surface area (Å²) in [6, 6.07) is 8.18. The Kier molecular flexibility index (Phi) is 8.05. The van der Waals surface area contributed by atoms with Crippen LogP contribution in [0, 0.1) is 0 Å². The highest BCUT2D eigenvalue weighted by Gasteiger charge is 2.50. The minimum atomic E-state index is -4.29. The van der Waals surface area contributed by atoms with Crippen molar-refractivity contribution in [3.8, 4) is 5.75 Å². The lowest BCUT2D eigenvalue weighted by molar-refractivity contribution is -0.142. The molecule has 0 amide bonds. The zero-order valence-electron chi connectivity index (χ0n) is 18.6. The summed E-state index contributed by atoms with van der Waals surface area (Å²) >= 11 is 0. The van der Waals surface area contributed by atoms with Crippen LogP contribution in [0.1, 0.15) is 20.1 Å². The van der Waals surface area contributed by atoms with E-state index < -0.39 is 56.2 Å². The molecular weight excluding hydrogens is 474 g/mol. The van der Waals surface area contributed by atoms with Crippen molar-refractivity contribution in [2.75, 3.05) is 12.8 Å². The number of aromatic nitrogens is 2. The minimum Gasteiger partial charge on any atom is -0.468 e. The van der Waals surface area contributed by atoms with Gasteiger partial charge in [-0.2, -0.15) is 10.1 Å². The third-order valence-corrected chi connectivity index (χ3v) is 6.77. The molecule has 2 aromatic rings. The smallest absolute Gasteiger partial charge is 0.459 e. The number of rotatable bonds is 9. The third kappa shape index (κ3) is 5.80. The minimum absolute atomic E-state index is 0.0618. The zero-order valence-corrected chi connectivity index (χ0v) is 19.5. The molecule has 1 saturated heterocycles. The van der Waals surface area contributed by atoms with Gasteiger partial charge >= 0.3 is 19.4 Å². The van der Waals surface area contributed by atoms with Gasteiger partial charge in [-0.05, 0) is 32.0 Å². The Balaban J connectivity index is 1.82. The van der Waals surface area contributed by atoms with Crippen molar-refractivity contribution in [2.45, 2.75) is 50.6 Å². The van der Waals surface area contributed by atoms with Gasteiger partial charge in [-0.1, -0.05) is 18.2 Å². The van der Waals surface area contributed by atoms with Crippen molar-refractivity contribution >= 4 is 19.5 Å². The van der Waals surface area contributed by atoms with Gasteiger partial charge < -0.3 is 24.8 Å². The van der Waals surface area contributed by atoms with E-state index in [1.54, 1.807) is 18.2 Å². The number of para-hydroxylation sites is 1. The molecule has 1 aliphatic heterocycles. The number of halogens is 1. The number of carbonyl (C=O) groups excluding carboxylic acids is 1. The zero-order chi connectivity index (χ0) is 25.0. The van der Waals surface area contributed by atoms with Crippen molar-refractivity contribution in [3.05, 3.63) is 53.1 Å². The fourth-order valence-electron chi connectivity index (χ4n) is 3.34. The number of nitrogen functional groups attached to an aromatic ring is 1. The van der Waals surface area contributed by atoms with Gasteiger partial charge in [0.2, 0.25) is 0 Å². The fourth-order valence-corrected chi connectivity index (χ4v) is 5.03. The monoisotopic (exact) mass is 500 g/mol. The lowest BCUT2D eigenvalue weighted by Gasteiger charge is -2.28. The lowest BCUT2D eigenvalue weighted by atomic mass is 10.1. The Labute approximate surface area is 194 Å². The largest absolute Gasteiger partial charge is 0.468 e. The topological polar surface area (TPSA) is 164 Å². The number of carbonyl (C=O) groups is 1. The molecule has 0 spiro atoms. The number of nitrogens with two attached hydrogens (primary N) is 1. The number of aliphatic hydroxyl groups excluding tert-OH is 1. The van der Waals surface area contributed by atoms with Crippen LogP contribution in [0.4, 0.5) is 10.2 Å². The van der Waals surface area contributed by atoms with Crippen molar-refractivity contribution in [1.82, 2.24) is 14.6 Å². The van der Waals surface area contributed by atoms with Crippen LogP contribution in [-0.2, 0) is 23.4 Å². The maximum atomic E-state index is 14.9. The number of benzene rings is 1. The number of alkyl halides is 1. The van der Waals surface area contributed by atoms with Crippen LogP contribution < -0.4 is 21.0 Å². The highest BCUT2D eigenvalue weighted by Crippen LogP contribution is 2.48. The Morgan fingerprint density at radius 3 is 2.62 bits per heavy atom. The van der Waals surface area contributed by atoms with Gasteiger partial charge in [-0.3, -0.25) is 13.9 Å². The number of nitrogens with zero attached hydrogens (tertiary/aromatic N) is 2. The predicted octanol–water partition coefficient (Wildman–Crippen LogP) is 1.17. The van der Waals surface area contributed by atoms with Crippen LogP contribution >= 0.6 is 7.75 Å². The molecule has 12 nitrogen and oxygen atoms in total. The quantitative estimate of drug-likeness (QED) is 0.334. The second-order valence-electron chi connectivity index (χ2n) is 7.55. The van der Waals surface area contributed by atoms with Crippen LogP contribution in [0.3, 0.4) is 0 Å². The summed E-state index contributed by atoms with van der Waals surface area (Å²) < 4.78 is 50.5. The average Bonchev–Trinajstić information content (AvgIpc) is 3.08. The molecule has 186 valence electrons. The van der Waals surface area contributed by atoms with Crippen LogP contribution in [0.15, 0.2) is 47.4 Å². The van der Waals surface area contributed by atoms with E-state index in [0.29, 0.717) is 0 Å². The molecule has 3 rings (SSSR count). The number of hydrogen-bond donors (Lipinski definition) is 3. The standard InChI is InChI=1S/C20H26FN4O8P/c1-11(19(27)30-3)24-34(29,33-13-7-5-4-6-8-13)32-12(2)17-16(26)15(21)18(31-17)25-10-9-14(22)23-20(25)28/h4-12,15-18,26H,1-3H3,(H,24,29)(H2,22,23,28)/t11-,12?,15-,16-,17+,18+,34?/m0/s1. The van der Waals surface area contributed by atoms with E-state index >= 15 is 0 Å². The van der Waals surface area contributed by atoms with E-state index in [9.17, 15) is 23.7 Å². The van der Waals surface area contributed by atoms with Gasteiger partial charge in [-0.25, -0.2) is 13.8 Å². The fraction of sp³-hybridized carbons (Fsp3) is 0.450. The molecule has 0 bridgehead atoms. The highest BCUT2D eigenvalue weighted by molar-refractivity contribution is 7.52. The normalized spacial score (nSPS) is 25.8. The van der Waals surface area contributed by atoms with Gasteiger partial charge in [0.1, 0.15) is 29.8 Å². The van der Waals surface area contributed by atoms with E-state index in [-0.39, 0.29) is 11.6 Å². The SMILES string of the molecule is COC(=O)[C@H](C)NP(=O)(Oc1ccccc1)OC(C)[C@H]1O[C@@H](n2ccc(N)nc2=O)[C@@H](F)[C@@H]1O. The molecule has 2 heterocycles. The van der Waals surface area contributed by atoms with Crippen molar-refractivity contribution < 1.29 is 37.4 Å². The van der Waals surface area contributed by atoms with E-state index in [4.69, 9.17) is 19.5 Å². The maximum Gasteiger partial charge on any atom is 0.459 e. The van der Waals surface area contributed by atoms with Crippen LogP contribution in [-0.4, -0.2) is 58.3 Å². The molecule has 34 heavy (non-hydrogen) atoms. The van der Waals surface area contributed by atoms with Crippen molar-refractivity contribution in [2.24, 2.45) is 0 Å². The molecular formula is C20H26FN4O8P. The molecule has 2 unspecified atom stereocenters. The first-order valence-corrected chi connectivity index (χ1v) is 11.8. The molecule has 1 fully saturated rings. The van der Waals surface area contributed by atoms with Gasteiger partial charge in [0, 0.05) is 6.20 Å². The predicted molar refractivity (Wildman–Crippen MR) is 118 cm³/mol. The summed E-state index contributed by atoms with van der Waals surface area (Å²) in [6.07, 6.45) is -6.69. The number of aliphatic hydroxyl groups is 1. The summed E-state index contributed by atoms with van der Waals surface area (Å²) in [5.41, 5.74) is 4.58. The Morgan fingerprint density at radius 2 is 2.00 bits per heavy atom. The second-order valence-corrected chi connectivity index (χ2v) is 9.20. The van der Waals surface area contributed by atoms with Crippen molar-refractivity contribution in [3.63, 3.8) is 0 Å². The molecule has 1 aromatic heterocycles. The third-order valence-electron chi connectivity index (χ3n) is 5.00. The number of anilines is 1. The van der Waals surface area contributed by atoms with E-state index in [1.165, 1.54) is 38.2 Å². The molecule has 1 aromatic carbocycles. The Hall–Kier alpha value is -2.83. The van der Waals surface area contributed by atoms with Crippen LogP contribution in [0.25, 0.3) is 0 Å². The Bertz CT molecular complexity index is 1100. The van der Waals surface area contributed by atoms with E-state index in [1.807, 2.05) is 0 Å². The van der Waals surface area contributed by atoms with Crippen LogP contribution in [0.5, 0.6) is 5.75 Å². The first-order valence-electron chi connectivity index (χ1n) is 10.3. The molecule has 0 radical (unpaired) electrons. The molecule has 4 N–H and O–H groups in total.